The summed E-state index contributed by atoms with van der Waals surface area (Å²) in [5.41, 5.74) is 0.751. The van der Waals surface area contributed by atoms with Crippen molar-refractivity contribution in [1.82, 2.24) is 5.32 Å². The lowest BCUT2D eigenvalue weighted by Crippen LogP contribution is -2.41. The number of hydrogen-bond acceptors (Lipinski definition) is 5. The molecule has 0 radical (unpaired) electrons. The highest BCUT2D eigenvalue weighted by Crippen LogP contribution is 2.35. The number of rotatable bonds is 2. The van der Waals surface area contributed by atoms with E-state index in [1.54, 1.807) is 12.5 Å². The number of piperidine rings is 1. The molecule has 1 saturated heterocycles. The highest BCUT2D eigenvalue weighted by atomic mass is 16.4. The van der Waals surface area contributed by atoms with Gasteiger partial charge in [-0.05, 0) is 24.3 Å². The average molecular weight is 260 g/mol. The Hall–Kier alpha value is -2.01. The molecule has 5 heteroatoms. The first-order chi connectivity index (χ1) is 9.29. The Morgan fingerprint density at radius 1 is 1.21 bits per heavy atom. The van der Waals surface area contributed by atoms with E-state index in [1.807, 2.05) is 31.2 Å². The summed E-state index contributed by atoms with van der Waals surface area (Å²) in [5.74, 6) is 1.75. The van der Waals surface area contributed by atoms with E-state index in [9.17, 15) is 5.21 Å². The van der Waals surface area contributed by atoms with E-state index in [2.05, 4.69) is 10.5 Å². The van der Waals surface area contributed by atoms with E-state index in [0.717, 1.165) is 17.2 Å². The van der Waals surface area contributed by atoms with Crippen molar-refractivity contribution in [3.63, 3.8) is 0 Å². The molecule has 0 saturated carbocycles. The Labute approximate surface area is 110 Å². The predicted molar refractivity (Wildman–Crippen MR) is 69.0 cm³/mol. The van der Waals surface area contributed by atoms with Gasteiger partial charge in [0.25, 0.3) is 0 Å². The van der Waals surface area contributed by atoms with Gasteiger partial charge in [0, 0.05) is 12.3 Å². The van der Waals surface area contributed by atoms with Crippen LogP contribution in [-0.2, 0) is 0 Å². The highest BCUT2D eigenvalue weighted by Gasteiger charge is 2.36. The number of hydrogen-bond donors (Lipinski definition) is 2. The van der Waals surface area contributed by atoms with Gasteiger partial charge in [-0.25, -0.2) is 0 Å². The van der Waals surface area contributed by atoms with Crippen molar-refractivity contribution in [2.75, 3.05) is 0 Å². The molecule has 5 nitrogen and oxygen atoms in total. The Kier molecular flexibility index (Phi) is 3.13. The molecule has 19 heavy (non-hydrogen) atoms. The standard InChI is InChI=1S/C14H16N2O3/c1-9-10(16-17)8-11(12-4-2-6-18-12)15-14(9)13-5-3-7-19-13/h2-7,9,11,14-15,17H,8H2,1H3/t9-,11+,14-/m1/s1. The van der Waals surface area contributed by atoms with Crippen molar-refractivity contribution in [2.45, 2.75) is 25.4 Å². The van der Waals surface area contributed by atoms with Crippen LogP contribution in [0.5, 0.6) is 0 Å². The topological polar surface area (TPSA) is 70.9 Å². The second-order valence-corrected chi connectivity index (χ2v) is 4.81. The molecular formula is C14H16N2O3. The zero-order chi connectivity index (χ0) is 13.2. The Bertz CT molecular complexity index is 545. The summed E-state index contributed by atoms with van der Waals surface area (Å²) in [7, 11) is 0. The fourth-order valence-corrected chi connectivity index (χ4v) is 2.61. The normalized spacial score (nSPS) is 29.7. The van der Waals surface area contributed by atoms with Crippen molar-refractivity contribution in [2.24, 2.45) is 11.1 Å². The monoisotopic (exact) mass is 260 g/mol. The summed E-state index contributed by atoms with van der Waals surface area (Å²) in [5, 5.41) is 16.1. The van der Waals surface area contributed by atoms with Gasteiger partial charge in [-0.3, -0.25) is 5.32 Å². The molecule has 0 aliphatic carbocycles. The van der Waals surface area contributed by atoms with Gasteiger partial charge in [0.1, 0.15) is 11.5 Å². The SMILES string of the molecule is C[C@@H]1C(=NO)C[C@@H](c2ccco2)N[C@H]1c1ccco1. The zero-order valence-electron chi connectivity index (χ0n) is 10.6. The lowest BCUT2D eigenvalue weighted by molar-refractivity contribution is 0.267. The lowest BCUT2D eigenvalue weighted by atomic mass is 9.85. The third kappa shape index (κ3) is 2.17. The van der Waals surface area contributed by atoms with Crippen LogP contribution < -0.4 is 5.32 Å². The van der Waals surface area contributed by atoms with Crippen molar-refractivity contribution in [3.05, 3.63) is 48.3 Å². The largest absolute Gasteiger partial charge is 0.468 e. The fourth-order valence-electron chi connectivity index (χ4n) is 2.61. The first kappa shape index (κ1) is 12.0. The molecule has 2 aromatic heterocycles. The van der Waals surface area contributed by atoms with E-state index in [4.69, 9.17) is 8.83 Å². The minimum atomic E-state index is -0.0234. The molecule has 1 aliphatic heterocycles. The van der Waals surface area contributed by atoms with Crippen LogP contribution in [0.3, 0.4) is 0 Å². The molecule has 1 aliphatic rings. The van der Waals surface area contributed by atoms with Gasteiger partial charge in [0.15, 0.2) is 0 Å². The lowest BCUT2D eigenvalue weighted by Gasteiger charge is -2.34. The molecule has 0 amide bonds. The van der Waals surface area contributed by atoms with Gasteiger partial charge in [0.05, 0.1) is 30.3 Å². The zero-order valence-corrected chi connectivity index (χ0v) is 10.6. The Balaban J connectivity index is 1.91. The maximum absolute atomic E-state index is 9.19. The van der Waals surface area contributed by atoms with E-state index in [0.29, 0.717) is 6.42 Å². The first-order valence-electron chi connectivity index (χ1n) is 6.33. The van der Waals surface area contributed by atoms with Crippen LogP contribution in [0, 0.1) is 5.92 Å². The fraction of sp³-hybridized carbons (Fsp3) is 0.357. The van der Waals surface area contributed by atoms with Crippen LogP contribution >= 0.6 is 0 Å². The summed E-state index contributed by atoms with van der Waals surface area (Å²) < 4.78 is 10.9. The number of nitrogens with one attached hydrogen (secondary N) is 1. The number of oxime groups is 1. The molecule has 3 rings (SSSR count). The maximum Gasteiger partial charge on any atom is 0.121 e. The molecule has 0 spiro atoms. The van der Waals surface area contributed by atoms with Crippen molar-refractivity contribution in [3.8, 4) is 0 Å². The predicted octanol–water partition coefficient (Wildman–Crippen LogP) is 3.11. The average Bonchev–Trinajstić information content (AvgIpc) is 3.12. The van der Waals surface area contributed by atoms with Gasteiger partial charge in [-0.2, -0.15) is 0 Å². The Morgan fingerprint density at radius 2 is 1.89 bits per heavy atom. The van der Waals surface area contributed by atoms with Gasteiger partial charge in [-0.15, -0.1) is 0 Å². The third-order valence-electron chi connectivity index (χ3n) is 3.68. The van der Waals surface area contributed by atoms with E-state index >= 15 is 0 Å². The van der Waals surface area contributed by atoms with Crippen molar-refractivity contribution in [1.29, 1.82) is 0 Å². The minimum Gasteiger partial charge on any atom is -0.468 e. The molecule has 1 fully saturated rings. The first-order valence-corrected chi connectivity index (χ1v) is 6.33. The smallest absolute Gasteiger partial charge is 0.121 e. The summed E-state index contributed by atoms with van der Waals surface area (Å²) in [6.45, 7) is 2.02. The maximum atomic E-state index is 9.19. The molecule has 3 heterocycles. The van der Waals surface area contributed by atoms with Gasteiger partial charge < -0.3 is 14.0 Å². The molecule has 0 aromatic carbocycles. The summed E-state index contributed by atoms with van der Waals surface area (Å²) in [6.07, 6.45) is 3.92. The highest BCUT2D eigenvalue weighted by molar-refractivity contribution is 5.88. The van der Waals surface area contributed by atoms with Crippen LogP contribution in [0.1, 0.15) is 36.9 Å². The van der Waals surface area contributed by atoms with Gasteiger partial charge in [-0.1, -0.05) is 12.1 Å². The number of nitrogens with zero attached hydrogens (tertiary/aromatic N) is 1. The van der Waals surface area contributed by atoms with E-state index < -0.39 is 0 Å². The minimum absolute atomic E-state index is 0.00722. The summed E-state index contributed by atoms with van der Waals surface area (Å²) in [6, 6.07) is 7.52. The summed E-state index contributed by atoms with van der Waals surface area (Å²) >= 11 is 0. The van der Waals surface area contributed by atoms with Crippen LogP contribution in [0.15, 0.2) is 50.8 Å². The molecule has 0 unspecified atom stereocenters. The second kappa shape index (κ2) is 4.93. The molecule has 0 bridgehead atoms. The van der Waals surface area contributed by atoms with Gasteiger partial charge in [0.2, 0.25) is 0 Å². The molecule has 2 N–H and O–H groups in total. The van der Waals surface area contributed by atoms with Crippen LogP contribution in [-0.4, -0.2) is 10.9 Å². The van der Waals surface area contributed by atoms with E-state index in [1.165, 1.54) is 0 Å². The van der Waals surface area contributed by atoms with Crippen molar-refractivity contribution >= 4 is 5.71 Å². The molecule has 2 aromatic rings. The quantitative estimate of drug-likeness (QED) is 0.643. The third-order valence-corrected chi connectivity index (χ3v) is 3.68. The summed E-state index contributed by atoms with van der Waals surface area (Å²) in [4.78, 5) is 0. The van der Waals surface area contributed by atoms with Crippen LogP contribution in [0.4, 0.5) is 0 Å². The van der Waals surface area contributed by atoms with Crippen LogP contribution in [0.25, 0.3) is 0 Å². The second-order valence-electron chi connectivity index (χ2n) is 4.81. The molecular weight excluding hydrogens is 244 g/mol. The van der Waals surface area contributed by atoms with Crippen LogP contribution in [0.2, 0.25) is 0 Å². The van der Waals surface area contributed by atoms with E-state index in [-0.39, 0.29) is 18.0 Å². The molecule has 3 atom stereocenters. The van der Waals surface area contributed by atoms with Crippen molar-refractivity contribution < 1.29 is 14.0 Å². The van der Waals surface area contributed by atoms with Gasteiger partial charge >= 0.3 is 0 Å². The Morgan fingerprint density at radius 3 is 2.47 bits per heavy atom. The number of furan rings is 2. The molecule has 100 valence electrons.